The van der Waals surface area contributed by atoms with E-state index >= 15 is 0 Å². The molecular weight excluding hydrogens is 407 g/mol. The number of anilines is 1. The Morgan fingerprint density at radius 2 is 2.06 bits per heavy atom. The van der Waals surface area contributed by atoms with Gasteiger partial charge in [-0.2, -0.15) is 0 Å². The van der Waals surface area contributed by atoms with Gasteiger partial charge in [0.15, 0.2) is 0 Å². The number of rotatable bonds is 4. The van der Waals surface area contributed by atoms with E-state index in [2.05, 4.69) is 69.9 Å². The molecule has 0 aliphatic carbocycles. The molecule has 3 nitrogen and oxygen atoms in total. The summed E-state index contributed by atoms with van der Waals surface area (Å²) in [7, 11) is 0. The van der Waals surface area contributed by atoms with E-state index in [-0.39, 0.29) is 11.4 Å². The molecule has 100 valence electrons. The topological polar surface area (TPSA) is 41.1 Å². The molecular formula is C13H18BrIN2O. The maximum Gasteiger partial charge on any atom is 0.225 e. The second kappa shape index (κ2) is 6.86. The smallest absolute Gasteiger partial charge is 0.225 e. The largest absolute Gasteiger partial charge is 0.326 e. The molecule has 0 saturated carbocycles. The van der Waals surface area contributed by atoms with Gasteiger partial charge in [0, 0.05) is 32.2 Å². The molecule has 18 heavy (non-hydrogen) atoms. The van der Waals surface area contributed by atoms with Crippen molar-refractivity contribution >= 4 is 50.1 Å². The van der Waals surface area contributed by atoms with Gasteiger partial charge in [-0.3, -0.25) is 4.79 Å². The van der Waals surface area contributed by atoms with Crippen molar-refractivity contribution in [2.45, 2.75) is 32.7 Å². The fourth-order valence-electron chi connectivity index (χ4n) is 1.35. The first-order valence-corrected chi connectivity index (χ1v) is 7.65. The Labute approximate surface area is 130 Å². The Morgan fingerprint density at radius 3 is 2.61 bits per heavy atom. The highest BCUT2D eigenvalue weighted by molar-refractivity contribution is 14.1. The van der Waals surface area contributed by atoms with Crippen LogP contribution >= 0.6 is 38.5 Å². The van der Waals surface area contributed by atoms with Crippen LogP contribution < -0.4 is 10.6 Å². The molecule has 0 heterocycles. The molecule has 1 aromatic rings. The lowest BCUT2D eigenvalue weighted by atomic mass is 10.1. The zero-order valence-electron chi connectivity index (χ0n) is 10.8. The standard InChI is InChI=1S/C13H18BrIN2O/c1-13(2,3)16-7-6-12(18)17-9-4-5-11(15)10(14)8-9/h4-5,8,16H,6-7H2,1-3H3,(H,17,18). The number of benzene rings is 1. The first-order valence-electron chi connectivity index (χ1n) is 5.78. The predicted octanol–water partition coefficient (Wildman–Crippen LogP) is 3.77. The molecule has 1 amide bonds. The number of nitrogens with one attached hydrogen (secondary N) is 2. The molecule has 5 heteroatoms. The Kier molecular flexibility index (Phi) is 6.07. The quantitative estimate of drug-likeness (QED) is 0.722. The minimum Gasteiger partial charge on any atom is -0.326 e. The fourth-order valence-corrected chi connectivity index (χ4v) is 2.06. The molecule has 0 aromatic heterocycles. The van der Waals surface area contributed by atoms with Gasteiger partial charge in [0.25, 0.3) is 0 Å². The number of amides is 1. The van der Waals surface area contributed by atoms with E-state index in [1.54, 1.807) is 0 Å². The van der Waals surface area contributed by atoms with E-state index in [0.29, 0.717) is 13.0 Å². The van der Waals surface area contributed by atoms with Gasteiger partial charge in [-0.25, -0.2) is 0 Å². The van der Waals surface area contributed by atoms with Crippen molar-refractivity contribution in [1.82, 2.24) is 5.32 Å². The number of hydrogen-bond acceptors (Lipinski definition) is 2. The Balaban J connectivity index is 2.42. The fraction of sp³-hybridized carbons (Fsp3) is 0.462. The third kappa shape index (κ3) is 6.15. The van der Waals surface area contributed by atoms with E-state index in [0.717, 1.165) is 13.7 Å². The normalized spacial score (nSPS) is 11.4. The highest BCUT2D eigenvalue weighted by Gasteiger charge is 2.10. The first kappa shape index (κ1) is 15.9. The van der Waals surface area contributed by atoms with Crippen molar-refractivity contribution in [3.63, 3.8) is 0 Å². The van der Waals surface area contributed by atoms with Gasteiger partial charge >= 0.3 is 0 Å². The summed E-state index contributed by atoms with van der Waals surface area (Å²) >= 11 is 5.68. The van der Waals surface area contributed by atoms with Crippen LogP contribution in [0.3, 0.4) is 0 Å². The maximum absolute atomic E-state index is 11.7. The summed E-state index contributed by atoms with van der Waals surface area (Å²) in [6.07, 6.45) is 0.473. The molecule has 0 atom stereocenters. The van der Waals surface area contributed by atoms with Crippen molar-refractivity contribution in [1.29, 1.82) is 0 Å². The van der Waals surface area contributed by atoms with Crippen molar-refractivity contribution in [2.24, 2.45) is 0 Å². The highest BCUT2D eigenvalue weighted by Crippen LogP contribution is 2.22. The zero-order chi connectivity index (χ0) is 13.8. The maximum atomic E-state index is 11.7. The SMILES string of the molecule is CC(C)(C)NCCC(=O)Nc1ccc(I)c(Br)c1. The van der Waals surface area contributed by atoms with Gasteiger partial charge in [-0.1, -0.05) is 0 Å². The molecule has 0 unspecified atom stereocenters. The molecule has 0 fully saturated rings. The number of hydrogen-bond donors (Lipinski definition) is 2. The highest BCUT2D eigenvalue weighted by atomic mass is 127. The Hall–Kier alpha value is -0.140. The first-order chi connectivity index (χ1) is 8.28. The van der Waals surface area contributed by atoms with Crippen LogP contribution in [0.15, 0.2) is 22.7 Å². The lowest BCUT2D eigenvalue weighted by Gasteiger charge is -2.20. The summed E-state index contributed by atoms with van der Waals surface area (Å²) in [6.45, 7) is 6.93. The van der Waals surface area contributed by atoms with E-state index in [1.807, 2.05) is 18.2 Å². The lowest BCUT2D eigenvalue weighted by molar-refractivity contribution is -0.116. The van der Waals surface area contributed by atoms with E-state index in [9.17, 15) is 4.79 Å². The monoisotopic (exact) mass is 424 g/mol. The summed E-state index contributed by atoms with van der Waals surface area (Å²) < 4.78 is 2.12. The lowest BCUT2D eigenvalue weighted by Crippen LogP contribution is -2.37. The summed E-state index contributed by atoms with van der Waals surface area (Å²) in [5.74, 6) is 0.0276. The minimum atomic E-state index is 0.0276. The number of carbonyl (C=O) groups is 1. The van der Waals surface area contributed by atoms with Crippen molar-refractivity contribution in [3.8, 4) is 0 Å². The van der Waals surface area contributed by atoms with Crippen LogP contribution in [0.1, 0.15) is 27.2 Å². The van der Waals surface area contributed by atoms with Gasteiger partial charge in [-0.05, 0) is 77.5 Å². The average molecular weight is 425 g/mol. The van der Waals surface area contributed by atoms with Crippen LogP contribution in [0.25, 0.3) is 0 Å². The second-order valence-corrected chi connectivity index (χ2v) is 7.12. The molecule has 0 radical (unpaired) electrons. The molecule has 0 aliphatic heterocycles. The van der Waals surface area contributed by atoms with Crippen LogP contribution in [0.4, 0.5) is 5.69 Å². The molecule has 1 rings (SSSR count). The minimum absolute atomic E-state index is 0.0276. The Morgan fingerprint density at radius 1 is 1.39 bits per heavy atom. The van der Waals surface area contributed by atoms with E-state index in [1.165, 1.54) is 0 Å². The van der Waals surface area contributed by atoms with Crippen LogP contribution in [0.2, 0.25) is 0 Å². The summed E-state index contributed by atoms with van der Waals surface area (Å²) in [5.41, 5.74) is 0.870. The molecule has 0 saturated heterocycles. The van der Waals surface area contributed by atoms with Crippen molar-refractivity contribution < 1.29 is 4.79 Å². The van der Waals surface area contributed by atoms with E-state index < -0.39 is 0 Å². The predicted molar refractivity (Wildman–Crippen MR) is 87.9 cm³/mol. The summed E-state index contributed by atoms with van der Waals surface area (Å²) in [4.78, 5) is 11.7. The number of halogens is 2. The number of carbonyl (C=O) groups excluding carboxylic acids is 1. The molecule has 0 bridgehead atoms. The molecule has 2 N–H and O–H groups in total. The Bertz CT molecular complexity index is 429. The third-order valence-corrected chi connectivity index (χ3v) is 4.55. The molecule has 0 aliphatic rings. The van der Waals surface area contributed by atoms with Gasteiger partial charge in [-0.15, -0.1) is 0 Å². The summed E-state index contributed by atoms with van der Waals surface area (Å²) in [6, 6.07) is 5.78. The van der Waals surface area contributed by atoms with Crippen molar-refractivity contribution in [3.05, 3.63) is 26.2 Å². The van der Waals surface area contributed by atoms with Crippen LogP contribution in [0.5, 0.6) is 0 Å². The van der Waals surface area contributed by atoms with Crippen molar-refractivity contribution in [2.75, 3.05) is 11.9 Å². The van der Waals surface area contributed by atoms with Crippen LogP contribution in [0, 0.1) is 3.57 Å². The van der Waals surface area contributed by atoms with Gasteiger partial charge in [0.2, 0.25) is 5.91 Å². The van der Waals surface area contributed by atoms with Gasteiger partial charge < -0.3 is 10.6 Å². The van der Waals surface area contributed by atoms with Gasteiger partial charge in [0.1, 0.15) is 0 Å². The summed E-state index contributed by atoms with van der Waals surface area (Å²) in [5, 5.41) is 6.17. The van der Waals surface area contributed by atoms with Crippen LogP contribution in [-0.4, -0.2) is 18.0 Å². The van der Waals surface area contributed by atoms with Gasteiger partial charge in [0.05, 0.1) is 0 Å². The molecule has 1 aromatic carbocycles. The second-order valence-electron chi connectivity index (χ2n) is 5.10. The van der Waals surface area contributed by atoms with Crippen LogP contribution in [-0.2, 0) is 4.79 Å². The third-order valence-electron chi connectivity index (χ3n) is 2.21. The zero-order valence-corrected chi connectivity index (χ0v) is 14.6. The van der Waals surface area contributed by atoms with E-state index in [4.69, 9.17) is 0 Å². The average Bonchev–Trinajstić information content (AvgIpc) is 2.21. The molecule has 0 spiro atoms.